The molecule has 0 spiro atoms. The predicted molar refractivity (Wildman–Crippen MR) is 102 cm³/mol. The average Bonchev–Trinajstić information content (AvgIpc) is 2.67. The van der Waals surface area contributed by atoms with Gasteiger partial charge in [-0.1, -0.05) is 30.4 Å². The summed E-state index contributed by atoms with van der Waals surface area (Å²) < 4.78 is 21.1. The van der Waals surface area contributed by atoms with Crippen molar-refractivity contribution in [2.45, 2.75) is 13.3 Å². The first-order valence-electron chi connectivity index (χ1n) is 8.45. The molecule has 0 aliphatic rings. The fourth-order valence-electron chi connectivity index (χ4n) is 2.32. The molecule has 0 bridgehead atoms. The Hall–Kier alpha value is -2.95. The Morgan fingerprint density at radius 3 is 2.42 bits per heavy atom. The van der Waals surface area contributed by atoms with Crippen LogP contribution in [0.2, 0.25) is 0 Å². The number of methoxy groups -OCH3 is 2. The van der Waals surface area contributed by atoms with Crippen LogP contribution in [0.15, 0.2) is 42.5 Å². The molecular formula is C21H24O5. The van der Waals surface area contributed by atoms with Crippen LogP contribution in [0.3, 0.4) is 0 Å². The zero-order valence-electron chi connectivity index (χ0n) is 15.4. The molecule has 0 N–H and O–H groups in total. The van der Waals surface area contributed by atoms with E-state index in [0.29, 0.717) is 18.1 Å². The molecule has 0 fully saturated rings. The van der Waals surface area contributed by atoms with E-state index in [1.165, 1.54) is 0 Å². The van der Waals surface area contributed by atoms with Gasteiger partial charge in [-0.25, -0.2) is 0 Å². The molecule has 0 atom stereocenters. The maximum atomic E-state index is 11.4. The summed E-state index contributed by atoms with van der Waals surface area (Å²) >= 11 is 0. The molecular weight excluding hydrogens is 332 g/mol. The van der Waals surface area contributed by atoms with Crippen molar-refractivity contribution >= 4 is 18.1 Å². The molecule has 0 saturated carbocycles. The molecule has 5 nitrogen and oxygen atoms in total. The molecule has 0 heterocycles. The van der Waals surface area contributed by atoms with Gasteiger partial charge in [0.1, 0.15) is 5.75 Å². The highest BCUT2D eigenvalue weighted by Crippen LogP contribution is 2.29. The largest absolute Gasteiger partial charge is 0.497 e. The molecule has 2 aromatic carbocycles. The fraction of sp³-hybridized carbons (Fsp3) is 0.286. The van der Waals surface area contributed by atoms with E-state index in [9.17, 15) is 4.79 Å². The summed E-state index contributed by atoms with van der Waals surface area (Å²) in [7, 11) is 3.23. The first-order chi connectivity index (χ1) is 12.7. The second-order valence-corrected chi connectivity index (χ2v) is 5.42. The molecule has 0 unspecified atom stereocenters. The topological polar surface area (TPSA) is 54.0 Å². The van der Waals surface area contributed by atoms with Crippen molar-refractivity contribution in [2.24, 2.45) is 0 Å². The molecule has 5 heteroatoms. The lowest BCUT2D eigenvalue weighted by molar-refractivity contribution is -0.143. The van der Waals surface area contributed by atoms with Gasteiger partial charge >= 0.3 is 5.97 Å². The van der Waals surface area contributed by atoms with Crippen molar-refractivity contribution < 1.29 is 23.7 Å². The smallest absolute Gasteiger partial charge is 0.309 e. The summed E-state index contributed by atoms with van der Waals surface area (Å²) in [5.41, 5.74) is 1.99. The Morgan fingerprint density at radius 2 is 1.73 bits per heavy atom. The lowest BCUT2D eigenvalue weighted by Crippen LogP contribution is -2.10. The van der Waals surface area contributed by atoms with Crippen molar-refractivity contribution in [3.05, 3.63) is 53.6 Å². The molecule has 0 aromatic heterocycles. The van der Waals surface area contributed by atoms with E-state index in [4.69, 9.17) is 18.9 Å². The van der Waals surface area contributed by atoms with E-state index in [0.717, 1.165) is 16.9 Å². The third kappa shape index (κ3) is 5.84. The molecule has 2 aromatic rings. The molecule has 0 aliphatic heterocycles. The van der Waals surface area contributed by atoms with Crippen molar-refractivity contribution in [1.29, 1.82) is 0 Å². The van der Waals surface area contributed by atoms with E-state index >= 15 is 0 Å². The van der Waals surface area contributed by atoms with Gasteiger partial charge in [-0.3, -0.25) is 4.79 Å². The van der Waals surface area contributed by atoms with E-state index < -0.39 is 0 Å². The first kappa shape index (κ1) is 19.4. The van der Waals surface area contributed by atoms with Gasteiger partial charge in [0, 0.05) is 0 Å². The minimum Gasteiger partial charge on any atom is -0.497 e. The Morgan fingerprint density at radius 1 is 0.962 bits per heavy atom. The second kappa shape index (κ2) is 10.1. The SMILES string of the molecule is CCOC(=O)CCOc1cc(/C=C/c2cccc(OC)c2)ccc1OC. The highest BCUT2D eigenvalue weighted by atomic mass is 16.5. The zero-order valence-corrected chi connectivity index (χ0v) is 15.4. The average molecular weight is 356 g/mol. The zero-order chi connectivity index (χ0) is 18.8. The van der Waals surface area contributed by atoms with Gasteiger partial charge in [0.2, 0.25) is 0 Å². The number of benzene rings is 2. The standard InChI is InChI=1S/C21H24O5/c1-4-25-21(22)12-13-26-20-15-17(10-11-19(20)24-3)9-8-16-6-5-7-18(14-16)23-2/h5-11,14-15H,4,12-13H2,1-3H3/b9-8+. The third-order valence-electron chi connectivity index (χ3n) is 3.62. The van der Waals surface area contributed by atoms with Crippen LogP contribution in [-0.2, 0) is 9.53 Å². The summed E-state index contributed by atoms with van der Waals surface area (Å²) in [6.45, 7) is 2.38. The summed E-state index contributed by atoms with van der Waals surface area (Å²) in [5.74, 6) is 1.74. The van der Waals surface area contributed by atoms with E-state index in [-0.39, 0.29) is 19.0 Å². The second-order valence-electron chi connectivity index (χ2n) is 5.42. The van der Waals surface area contributed by atoms with Crippen LogP contribution in [0, 0.1) is 0 Å². The maximum absolute atomic E-state index is 11.4. The first-order valence-corrected chi connectivity index (χ1v) is 8.45. The Labute approximate surface area is 154 Å². The molecule has 0 saturated heterocycles. The Kier molecular flexibility index (Phi) is 7.55. The van der Waals surface area contributed by atoms with Crippen LogP contribution in [-0.4, -0.2) is 33.4 Å². The number of carbonyl (C=O) groups is 1. The van der Waals surface area contributed by atoms with E-state index in [2.05, 4.69) is 0 Å². The summed E-state index contributed by atoms with van der Waals surface area (Å²) in [4.78, 5) is 11.4. The highest BCUT2D eigenvalue weighted by Gasteiger charge is 2.07. The minimum absolute atomic E-state index is 0.195. The maximum Gasteiger partial charge on any atom is 0.309 e. The molecule has 138 valence electrons. The van der Waals surface area contributed by atoms with Crippen molar-refractivity contribution in [1.82, 2.24) is 0 Å². The highest BCUT2D eigenvalue weighted by molar-refractivity contribution is 5.71. The number of esters is 1. The molecule has 0 radical (unpaired) electrons. The van der Waals surface area contributed by atoms with Crippen LogP contribution in [0.1, 0.15) is 24.5 Å². The Bertz CT molecular complexity index is 752. The summed E-state index contributed by atoms with van der Waals surface area (Å²) in [5, 5.41) is 0. The fourth-order valence-corrected chi connectivity index (χ4v) is 2.32. The van der Waals surface area contributed by atoms with Crippen LogP contribution in [0.5, 0.6) is 17.2 Å². The van der Waals surface area contributed by atoms with Gasteiger partial charge in [-0.05, 0) is 42.3 Å². The lowest BCUT2D eigenvalue weighted by atomic mass is 10.1. The van der Waals surface area contributed by atoms with E-state index in [1.807, 2.05) is 54.6 Å². The Balaban J connectivity index is 2.07. The number of hydrogen-bond donors (Lipinski definition) is 0. The van der Waals surface area contributed by atoms with Gasteiger partial charge in [0.15, 0.2) is 11.5 Å². The summed E-state index contributed by atoms with van der Waals surface area (Å²) in [6.07, 6.45) is 4.17. The van der Waals surface area contributed by atoms with Gasteiger partial charge in [0.25, 0.3) is 0 Å². The predicted octanol–water partition coefficient (Wildman–Crippen LogP) is 4.21. The number of ether oxygens (including phenoxy) is 4. The lowest BCUT2D eigenvalue weighted by Gasteiger charge is -2.11. The van der Waals surface area contributed by atoms with Gasteiger partial charge in [-0.2, -0.15) is 0 Å². The van der Waals surface area contributed by atoms with Gasteiger partial charge in [-0.15, -0.1) is 0 Å². The molecule has 0 aliphatic carbocycles. The van der Waals surface area contributed by atoms with Crippen LogP contribution in [0.25, 0.3) is 12.2 Å². The summed E-state index contributed by atoms with van der Waals surface area (Å²) in [6, 6.07) is 13.5. The van der Waals surface area contributed by atoms with Crippen LogP contribution < -0.4 is 14.2 Å². The quantitative estimate of drug-likeness (QED) is 0.498. The molecule has 0 amide bonds. The number of rotatable bonds is 9. The molecule has 26 heavy (non-hydrogen) atoms. The number of carbonyl (C=O) groups excluding carboxylic acids is 1. The van der Waals surface area contributed by atoms with Gasteiger partial charge in [0.05, 0.1) is 33.9 Å². The van der Waals surface area contributed by atoms with Crippen molar-refractivity contribution in [3.63, 3.8) is 0 Å². The normalized spacial score (nSPS) is 10.6. The monoisotopic (exact) mass is 356 g/mol. The van der Waals surface area contributed by atoms with E-state index in [1.54, 1.807) is 21.1 Å². The molecule has 2 rings (SSSR count). The van der Waals surface area contributed by atoms with Gasteiger partial charge < -0.3 is 18.9 Å². The van der Waals surface area contributed by atoms with Crippen LogP contribution in [0.4, 0.5) is 0 Å². The number of hydrogen-bond acceptors (Lipinski definition) is 5. The third-order valence-corrected chi connectivity index (χ3v) is 3.62. The minimum atomic E-state index is -0.277. The van der Waals surface area contributed by atoms with Crippen molar-refractivity contribution in [3.8, 4) is 17.2 Å². The van der Waals surface area contributed by atoms with Crippen molar-refractivity contribution in [2.75, 3.05) is 27.4 Å². The van der Waals surface area contributed by atoms with Crippen LogP contribution >= 0.6 is 0 Å².